The molecule has 0 radical (unpaired) electrons. The number of fused-ring (bicyclic) bond motifs is 1. The van der Waals surface area contributed by atoms with Crippen LogP contribution >= 0.6 is 0 Å². The van der Waals surface area contributed by atoms with Crippen LogP contribution < -0.4 is 5.56 Å². The van der Waals surface area contributed by atoms with E-state index in [1.807, 2.05) is 13.8 Å². The van der Waals surface area contributed by atoms with Crippen molar-refractivity contribution in [1.82, 2.24) is 14.8 Å². The molecule has 1 saturated heterocycles. The molecule has 0 spiro atoms. The topological polar surface area (TPSA) is 111 Å². The van der Waals surface area contributed by atoms with E-state index in [1.165, 1.54) is 17.0 Å². The fraction of sp³-hybridized carbons (Fsp3) is 0.391. The number of nitrogens with zero attached hydrogens (tertiary/aromatic N) is 2. The summed E-state index contributed by atoms with van der Waals surface area (Å²) in [5.41, 5.74) is 0.440. The number of carbonyl (C=O) groups excluding carboxylic acids is 3. The molecule has 1 aliphatic heterocycles. The standard InChI is InChI=1S/C23H25N3O5/c1-23(2)12-17-15(19(28)13-23)11-16(20(29)24-17)22(31)26-9-7-25(8-10-26)21(30)14-5-3-4-6-18(14)27/h3-6,11,27H,7-10,12-13H2,1-2H3,(H,24,29). The first-order chi connectivity index (χ1) is 14.7. The normalized spacial score (nSPS) is 17.9. The van der Waals surface area contributed by atoms with Crippen molar-refractivity contribution in [3.8, 4) is 5.75 Å². The average Bonchev–Trinajstić information content (AvgIpc) is 2.72. The number of H-pyrrole nitrogens is 1. The maximum Gasteiger partial charge on any atom is 0.261 e. The van der Waals surface area contributed by atoms with Crippen LogP contribution in [0.1, 0.15) is 57.0 Å². The molecule has 162 valence electrons. The molecule has 2 aromatic rings. The summed E-state index contributed by atoms with van der Waals surface area (Å²) in [6.45, 7) is 5.04. The molecule has 1 aliphatic carbocycles. The zero-order valence-corrected chi connectivity index (χ0v) is 17.6. The summed E-state index contributed by atoms with van der Waals surface area (Å²) in [6, 6.07) is 7.76. The van der Waals surface area contributed by atoms with E-state index in [2.05, 4.69) is 4.98 Å². The number of Topliss-reactive ketones (excluding diaryl/α,β-unsaturated/α-hetero) is 1. The van der Waals surface area contributed by atoms with Crippen LogP contribution in [0.3, 0.4) is 0 Å². The lowest BCUT2D eigenvalue weighted by Gasteiger charge is -2.35. The molecule has 4 rings (SSSR count). The number of benzene rings is 1. The van der Waals surface area contributed by atoms with Crippen molar-refractivity contribution in [2.24, 2.45) is 5.41 Å². The first kappa shape index (κ1) is 20.8. The van der Waals surface area contributed by atoms with Crippen molar-refractivity contribution in [3.05, 3.63) is 63.1 Å². The Morgan fingerprint density at radius 2 is 1.52 bits per heavy atom. The van der Waals surface area contributed by atoms with Gasteiger partial charge in [-0.1, -0.05) is 26.0 Å². The smallest absolute Gasteiger partial charge is 0.261 e. The Hall–Kier alpha value is -3.42. The number of hydrogen-bond acceptors (Lipinski definition) is 5. The van der Waals surface area contributed by atoms with E-state index >= 15 is 0 Å². The lowest BCUT2D eigenvalue weighted by atomic mass is 9.75. The highest BCUT2D eigenvalue weighted by Gasteiger charge is 2.34. The van der Waals surface area contributed by atoms with Crippen molar-refractivity contribution < 1.29 is 19.5 Å². The molecule has 2 aliphatic rings. The summed E-state index contributed by atoms with van der Waals surface area (Å²) >= 11 is 0. The van der Waals surface area contributed by atoms with E-state index < -0.39 is 11.5 Å². The van der Waals surface area contributed by atoms with Gasteiger partial charge in [0, 0.05) is 43.9 Å². The second-order valence-electron chi connectivity index (χ2n) is 8.95. The van der Waals surface area contributed by atoms with Crippen molar-refractivity contribution in [1.29, 1.82) is 0 Å². The number of amides is 2. The highest BCUT2D eigenvalue weighted by Crippen LogP contribution is 2.33. The van der Waals surface area contributed by atoms with Crippen LogP contribution in [0.4, 0.5) is 0 Å². The van der Waals surface area contributed by atoms with Gasteiger partial charge in [0.15, 0.2) is 5.78 Å². The third-order valence-electron chi connectivity index (χ3n) is 5.94. The van der Waals surface area contributed by atoms with E-state index in [1.54, 1.807) is 23.1 Å². The fourth-order valence-corrected chi connectivity index (χ4v) is 4.29. The Balaban J connectivity index is 1.49. The summed E-state index contributed by atoms with van der Waals surface area (Å²) in [7, 11) is 0. The second-order valence-corrected chi connectivity index (χ2v) is 8.95. The summed E-state index contributed by atoms with van der Waals surface area (Å²) in [5.74, 6) is -0.907. The van der Waals surface area contributed by atoms with Gasteiger partial charge in [0.1, 0.15) is 11.3 Å². The average molecular weight is 423 g/mol. The van der Waals surface area contributed by atoms with Crippen LogP contribution in [-0.2, 0) is 6.42 Å². The van der Waals surface area contributed by atoms with E-state index in [0.717, 1.165) is 0 Å². The van der Waals surface area contributed by atoms with Crippen molar-refractivity contribution in [2.45, 2.75) is 26.7 Å². The number of ketones is 1. The first-order valence-electron chi connectivity index (χ1n) is 10.3. The lowest BCUT2D eigenvalue weighted by Crippen LogP contribution is -2.51. The Bertz CT molecular complexity index is 1130. The minimum absolute atomic E-state index is 0.0488. The largest absolute Gasteiger partial charge is 0.507 e. The number of nitrogens with one attached hydrogen (secondary N) is 1. The molecule has 1 fully saturated rings. The third kappa shape index (κ3) is 3.97. The number of hydrogen-bond donors (Lipinski definition) is 2. The number of carbonyl (C=O) groups is 3. The molecule has 2 amide bonds. The maximum atomic E-state index is 13.0. The summed E-state index contributed by atoms with van der Waals surface area (Å²) in [6.07, 6.45) is 0.942. The van der Waals surface area contributed by atoms with Gasteiger partial charge in [0.25, 0.3) is 17.4 Å². The van der Waals surface area contributed by atoms with Crippen molar-refractivity contribution in [3.63, 3.8) is 0 Å². The molecule has 2 heterocycles. The zero-order chi connectivity index (χ0) is 22.3. The molecule has 31 heavy (non-hydrogen) atoms. The number of piperazine rings is 1. The van der Waals surface area contributed by atoms with Crippen LogP contribution in [0.5, 0.6) is 5.75 Å². The molecule has 8 heteroatoms. The molecule has 1 aromatic carbocycles. The number of phenols is 1. The van der Waals surface area contributed by atoms with E-state index in [0.29, 0.717) is 24.1 Å². The van der Waals surface area contributed by atoms with Gasteiger partial charge in [-0.15, -0.1) is 0 Å². The lowest BCUT2D eigenvalue weighted by molar-refractivity contribution is 0.0532. The second kappa shape index (κ2) is 7.68. The third-order valence-corrected chi connectivity index (χ3v) is 5.94. The van der Waals surface area contributed by atoms with Crippen molar-refractivity contribution in [2.75, 3.05) is 26.2 Å². The monoisotopic (exact) mass is 423 g/mol. The molecule has 8 nitrogen and oxygen atoms in total. The Morgan fingerprint density at radius 1 is 0.935 bits per heavy atom. The van der Waals surface area contributed by atoms with Crippen LogP contribution in [0.2, 0.25) is 0 Å². The van der Waals surface area contributed by atoms with Gasteiger partial charge in [-0.3, -0.25) is 19.2 Å². The van der Waals surface area contributed by atoms with Crippen LogP contribution in [0, 0.1) is 5.41 Å². The van der Waals surface area contributed by atoms with Crippen molar-refractivity contribution >= 4 is 17.6 Å². The van der Waals surface area contributed by atoms with Gasteiger partial charge in [0.05, 0.1) is 5.56 Å². The van der Waals surface area contributed by atoms with Gasteiger partial charge >= 0.3 is 0 Å². The summed E-state index contributed by atoms with van der Waals surface area (Å²) < 4.78 is 0. The number of phenolic OH excluding ortho intramolecular Hbond substituents is 1. The predicted molar refractivity (Wildman–Crippen MR) is 113 cm³/mol. The summed E-state index contributed by atoms with van der Waals surface area (Å²) in [5, 5.41) is 9.90. The maximum absolute atomic E-state index is 13.0. The number of para-hydroxylation sites is 1. The highest BCUT2D eigenvalue weighted by molar-refractivity contribution is 6.02. The fourth-order valence-electron chi connectivity index (χ4n) is 4.29. The minimum atomic E-state index is -0.498. The van der Waals surface area contributed by atoms with Gasteiger partial charge in [-0.25, -0.2) is 0 Å². The van der Waals surface area contributed by atoms with Crippen LogP contribution in [-0.4, -0.2) is 63.7 Å². The number of rotatable bonds is 2. The van der Waals surface area contributed by atoms with E-state index in [4.69, 9.17) is 0 Å². The minimum Gasteiger partial charge on any atom is -0.507 e. The number of aromatic amines is 1. The van der Waals surface area contributed by atoms with Crippen LogP contribution in [0.25, 0.3) is 0 Å². The van der Waals surface area contributed by atoms with E-state index in [-0.39, 0.29) is 60.2 Å². The SMILES string of the molecule is CC1(C)CC(=O)c2cc(C(=O)N3CCN(C(=O)c4ccccc4O)CC3)c(=O)[nH]c2C1. The molecule has 1 aromatic heterocycles. The van der Waals surface area contributed by atoms with Gasteiger partial charge in [0.2, 0.25) is 0 Å². The molecular weight excluding hydrogens is 398 g/mol. The summed E-state index contributed by atoms with van der Waals surface area (Å²) in [4.78, 5) is 56.6. The molecule has 0 saturated carbocycles. The van der Waals surface area contributed by atoms with E-state index in [9.17, 15) is 24.3 Å². The molecule has 0 bridgehead atoms. The zero-order valence-electron chi connectivity index (χ0n) is 17.6. The molecular formula is C23H25N3O5. The van der Waals surface area contributed by atoms with Gasteiger partial charge in [-0.2, -0.15) is 0 Å². The van der Waals surface area contributed by atoms with Crippen LogP contribution in [0.15, 0.2) is 35.1 Å². The Labute approximate surface area is 179 Å². The molecule has 2 N–H and O–H groups in total. The number of aromatic hydroxyl groups is 1. The quantitative estimate of drug-likeness (QED) is 0.766. The number of aromatic nitrogens is 1. The highest BCUT2D eigenvalue weighted by atomic mass is 16.3. The molecule has 0 unspecified atom stereocenters. The Morgan fingerprint density at radius 3 is 2.13 bits per heavy atom. The Kier molecular flexibility index (Phi) is 5.16. The predicted octanol–water partition coefficient (Wildman–Crippen LogP) is 1.83. The van der Waals surface area contributed by atoms with Gasteiger partial charge < -0.3 is 19.9 Å². The van der Waals surface area contributed by atoms with Gasteiger partial charge in [-0.05, 0) is 30.0 Å². The number of pyridine rings is 1. The molecule has 0 atom stereocenters. The first-order valence-corrected chi connectivity index (χ1v) is 10.3.